The molecule has 1 aromatic carbocycles. The van der Waals surface area contributed by atoms with E-state index >= 15 is 0 Å². The summed E-state index contributed by atoms with van der Waals surface area (Å²) in [5, 5.41) is 12.4. The first-order chi connectivity index (χ1) is 9.19. The summed E-state index contributed by atoms with van der Waals surface area (Å²) in [6.07, 6.45) is 4.86. The minimum Gasteiger partial charge on any atom is -0.504 e. The van der Waals surface area contributed by atoms with Gasteiger partial charge in [0.25, 0.3) is 5.91 Å². The number of aromatic nitrogens is 2. The average molecular weight is 257 g/mol. The minimum absolute atomic E-state index is 0.00987. The van der Waals surface area contributed by atoms with Crippen LogP contribution in [-0.4, -0.2) is 28.1 Å². The summed E-state index contributed by atoms with van der Waals surface area (Å²) < 4.78 is 5.05. The number of carbonyl (C=O) groups is 1. The minimum atomic E-state index is -0.225. The van der Waals surface area contributed by atoms with Crippen LogP contribution in [0.25, 0.3) is 11.6 Å². The van der Waals surface area contributed by atoms with Gasteiger partial charge in [-0.1, -0.05) is 0 Å². The molecule has 96 valence electrons. The Morgan fingerprint density at radius 1 is 1.42 bits per heavy atom. The molecule has 0 unspecified atom stereocenters. The van der Waals surface area contributed by atoms with Crippen LogP contribution in [0.5, 0.6) is 11.5 Å². The number of rotatable bonds is 2. The predicted molar refractivity (Wildman–Crippen MR) is 69.7 cm³/mol. The lowest BCUT2D eigenvalue weighted by Crippen LogP contribution is -2.03. The van der Waals surface area contributed by atoms with E-state index in [-0.39, 0.29) is 11.7 Å². The second-order valence-corrected chi connectivity index (χ2v) is 4.09. The monoisotopic (exact) mass is 257 g/mol. The lowest BCUT2D eigenvalue weighted by molar-refractivity contribution is -0.110. The Morgan fingerprint density at radius 3 is 2.95 bits per heavy atom. The van der Waals surface area contributed by atoms with Crippen LogP contribution in [0, 0.1) is 0 Å². The van der Waals surface area contributed by atoms with E-state index in [0.717, 1.165) is 5.69 Å². The molecule has 0 bridgehead atoms. The standard InChI is InChI=1S/C13H11N3O3/c1-19-12-3-8-9(2-7-5-14-6-15-7)13(18)16-10(8)4-11(12)17/h2-6,17H,1H3,(H,14,15)(H,16,18)/b9-2+. The topological polar surface area (TPSA) is 87.2 Å². The van der Waals surface area contributed by atoms with Crippen molar-refractivity contribution in [1.29, 1.82) is 0 Å². The number of methoxy groups -OCH3 is 1. The Balaban J connectivity index is 2.13. The fourth-order valence-electron chi connectivity index (χ4n) is 2.01. The SMILES string of the molecule is COc1cc2c(cc1O)NC(=O)/C2=C/c1cnc[nH]1. The second-order valence-electron chi connectivity index (χ2n) is 4.09. The molecule has 1 aromatic heterocycles. The van der Waals surface area contributed by atoms with Crippen LogP contribution in [0.3, 0.4) is 0 Å². The van der Waals surface area contributed by atoms with Gasteiger partial charge in [0.15, 0.2) is 11.5 Å². The van der Waals surface area contributed by atoms with Gasteiger partial charge in [-0.25, -0.2) is 4.98 Å². The number of carbonyl (C=O) groups excluding carboxylic acids is 1. The van der Waals surface area contributed by atoms with E-state index in [1.807, 2.05) is 0 Å². The smallest absolute Gasteiger partial charge is 0.256 e. The Hall–Kier alpha value is -2.76. The first-order valence-corrected chi connectivity index (χ1v) is 5.62. The number of benzene rings is 1. The molecule has 19 heavy (non-hydrogen) atoms. The molecule has 0 aliphatic carbocycles. The van der Waals surface area contributed by atoms with Gasteiger partial charge in [-0.15, -0.1) is 0 Å². The molecule has 2 aromatic rings. The highest BCUT2D eigenvalue weighted by Crippen LogP contribution is 2.40. The number of fused-ring (bicyclic) bond motifs is 1. The summed E-state index contributed by atoms with van der Waals surface area (Å²) >= 11 is 0. The summed E-state index contributed by atoms with van der Waals surface area (Å²) in [5.41, 5.74) is 2.48. The van der Waals surface area contributed by atoms with E-state index in [4.69, 9.17) is 4.74 Å². The maximum Gasteiger partial charge on any atom is 0.256 e. The number of H-pyrrole nitrogens is 1. The second kappa shape index (κ2) is 4.16. The Bertz CT molecular complexity index is 675. The van der Waals surface area contributed by atoms with E-state index in [0.29, 0.717) is 22.6 Å². The zero-order valence-corrected chi connectivity index (χ0v) is 10.1. The number of imidazole rings is 1. The molecule has 3 rings (SSSR count). The quantitative estimate of drug-likeness (QED) is 0.713. The molecule has 3 N–H and O–H groups in total. The van der Waals surface area contributed by atoms with Crippen molar-refractivity contribution in [3.63, 3.8) is 0 Å². The molecule has 0 spiro atoms. The number of hydrogen-bond acceptors (Lipinski definition) is 4. The van der Waals surface area contributed by atoms with Crippen LogP contribution < -0.4 is 10.1 Å². The molecule has 0 atom stereocenters. The molecule has 0 saturated carbocycles. The maximum atomic E-state index is 11.9. The highest BCUT2D eigenvalue weighted by molar-refractivity contribution is 6.35. The van der Waals surface area contributed by atoms with E-state index in [2.05, 4.69) is 15.3 Å². The van der Waals surface area contributed by atoms with Crippen LogP contribution in [-0.2, 0) is 4.79 Å². The summed E-state index contributed by atoms with van der Waals surface area (Å²) in [7, 11) is 1.46. The predicted octanol–water partition coefficient (Wildman–Crippen LogP) is 1.62. The van der Waals surface area contributed by atoms with Gasteiger partial charge in [0.1, 0.15) is 0 Å². The van der Waals surface area contributed by atoms with Gasteiger partial charge in [-0.2, -0.15) is 0 Å². The molecule has 6 nitrogen and oxygen atoms in total. The molecule has 2 heterocycles. The van der Waals surface area contributed by atoms with Gasteiger partial charge in [-0.05, 0) is 12.1 Å². The summed E-state index contributed by atoms with van der Waals surface area (Å²) in [5.74, 6) is 0.0901. The third-order valence-electron chi connectivity index (χ3n) is 2.92. The van der Waals surface area contributed by atoms with E-state index < -0.39 is 0 Å². The molecule has 0 fully saturated rings. The molecular weight excluding hydrogens is 246 g/mol. The number of phenols is 1. The van der Waals surface area contributed by atoms with Gasteiger partial charge in [0, 0.05) is 11.6 Å². The summed E-state index contributed by atoms with van der Waals surface area (Å²) in [4.78, 5) is 18.7. The van der Waals surface area contributed by atoms with E-state index in [1.165, 1.54) is 19.5 Å². The van der Waals surface area contributed by atoms with Crippen molar-refractivity contribution >= 4 is 23.2 Å². The van der Waals surface area contributed by atoms with Crippen molar-refractivity contribution in [3.05, 3.63) is 35.9 Å². The third kappa shape index (κ3) is 1.83. The van der Waals surface area contributed by atoms with Gasteiger partial charge in [0.05, 0.1) is 36.6 Å². The van der Waals surface area contributed by atoms with Crippen LogP contribution in [0.2, 0.25) is 0 Å². The zero-order valence-electron chi connectivity index (χ0n) is 10.1. The first kappa shape index (κ1) is 11.3. The lowest BCUT2D eigenvalue weighted by atomic mass is 10.1. The number of anilines is 1. The number of nitrogens with zero attached hydrogens (tertiary/aromatic N) is 1. The van der Waals surface area contributed by atoms with Crippen molar-refractivity contribution in [1.82, 2.24) is 9.97 Å². The number of phenolic OH excluding ortho intramolecular Hbond substituents is 1. The van der Waals surface area contributed by atoms with Crippen LogP contribution >= 0.6 is 0 Å². The number of hydrogen-bond donors (Lipinski definition) is 3. The van der Waals surface area contributed by atoms with Crippen LogP contribution in [0.15, 0.2) is 24.7 Å². The number of ether oxygens (including phenoxy) is 1. The zero-order chi connectivity index (χ0) is 13.4. The molecule has 0 saturated heterocycles. The highest BCUT2D eigenvalue weighted by atomic mass is 16.5. The number of aromatic hydroxyl groups is 1. The number of amides is 1. The Morgan fingerprint density at radius 2 is 2.26 bits per heavy atom. The van der Waals surface area contributed by atoms with Crippen molar-refractivity contribution in [2.75, 3.05) is 12.4 Å². The van der Waals surface area contributed by atoms with Gasteiger partial charge >= 0.3 is 0 Å². The highest BCUT2D eigenvalue weighted by Gasteiger charge is 2.26. The van der Waals surface area contributed by atoms with Crippen molar-refractivity contribution in [2.24, 2.45) is 0 Å². The van der Waals surface area contributed by atoms with Gasteiger partial charge in [0.2, 0.25) is 0 Å². The molecule has 6 heteroatoms. The molecule has 1 aliphatic heterocycles. The molecular formula is C13H11N3O3. The molecule has 1 amide bonds. The maximum absolute atomic E-state index is 11.9. The van der Waals surface area contributed by atoms with Crippen molar-refractivity contribution < 1.29 is 14.6 Å². The summed E-state index contributed by atoms with van der Waals surface area (Å²) in [6, 6.07) is 3.10. The van der Waals surface area contributed by atoms with Crippen LogP contribution in [0.4, 0.5) is 5.69 Å². The number of nitrogens with one attached hydrogen (secondary N) is 2. The molecule has 1 aliphatic rings. The normalized spacial score (nSPS) is 15.4. The Labute approximate surface area is 108 Å². The third-order valence-corrected chi connectivity index (χ3v) is 2.92. The number of aromatic amines is 1. The fourth-order valence-corrected chi connectivity index (χ4v) is 2.01. The van der Waals surface area contributed by atoms with Gasteiger partial charge < -0.3 is 20.1 Å². The largest absolute Gasteiger partial charge is 0.504 e. The summed E-state index contributed by atoms with van der Waals surface area (Å²) in [6.45, 7) is 0. The van der Waals surface area contributed by atoms with E-state index in [1.54, 1.807) is 18.3 Å². The first-order valence-electron chi connectivity index (χ1n) is 5.62. The van der Waals surface area contributed by atoms with Gasteiger partial charge in [-0.3, -0.25) is 4.79 Å². The average Bonchev–Trinajstić information content (AvgIpc) is 2.98. The lowest BCUT2D eigenvalue weighted by Gasteiger charge is -2.05. The van der Waals surface area contributed by atoms with E-state index in [9.17, 15) is 9.90 Å². The Kier molecular flexibility index (Phi) is 2.49. The fraction of sp³-hybridized carbons (Fsp3) is 0.0769. The van der Waals surface area contributed by atoms with Crippen molar-refractivity contribution in [2.45, 2.75) is 0 Å². The van der Waals surface area contributed by atoms with Crippen LogP contribution in [0.1, 0.15) is 11.3 Å². The van der Waals surface area contributed by atoms with Crippen molar-refractivity contribution in [3.8, 4) is 11.5 Å². The molecule has 0 radical (unpaired) electrons.